The van der Waals surface area contributed by atoms with Gasteiger partial charge in [0.2, 0.25) is 11.8 Å². The summed E-state index contributed by atoms with van der Waals surface area (Å²) in [5.74, 6) is 0.759. The van der Waals surface area contributed by atoms with E-state index < -0.39 is 17.9 Å². The second kappa shape index (κ2) is 15.3. The van der Waals surface area contributed by atoms with Crippen molar-refractivity contribution in [2.75, 3.05) is 49.9 Å². The van der Waals surface area contributed by atoms with Gasteiger partial charge in [0.25, 0.3) is 5.91 Å². The fourth-order valence-corrected chi connectivity index (χ4v) is 8.56. The Labute approximate surface area is 324 Å². The highest BCUT2D eigenvalue weighted by molar-refractivity contribution is 6.03. The zero-order valence-electron chi connectivity index (χ0n) is 31.1. The predicted octanol–water partition coefficient (Wildman–Crippen LogP) is 3.79. The molecule has 4 aliphatic rings. The summed E-state index contributed by atoms with van der Waals surface area (Å²) in [5.41, 5.74) is 10.2. The number of piperidine rings is 1. The number of carbonyl (C=O) groups excluding carboxylic acids is 3. The minimum Gasteiger partial charge on any atom is -0.457 e. The Morgan fingerprint density at radius 2 is 1.52 bits per heavy atom. The number of pyridine rings is 1. The highest BCUT2D eigenvalue weighted by Crippen LogP contribution is 2.38. The molecule has 15 heteroatoms. The van der Waals surface area contributed by atoms with Gasteiger partial charge in [-0.25, -0.2) is 19.6 Å². The van der Waals surface area contributed by atoms with Crippen LogP contribution in [-0.2, 0) is 9.59 Å². The van der Waals surface area contributed by atoms with Gasteiger partial charge < -0.3 is 20.7 Å². The number of amides is 3. The summed E-state index contributed by atoms with van der Waals surface area (Å²) in [5, 5.41) is 10.9. The number of carbonyl (C=O) groups is 3. The number of nitrogens with zero attached hydrogens (tertiary/aromatic N) is 8. The summed E-state index contributed by atoms with van der Waals surface area (Å²) in [7, 11) is 0. The molecule has 2 aromatic carbocycles. The largest absolute Gasteiger partial charge is 0.457 e. The number of para-hydroxylation sites is 1. The zero-order chi connectivity index (χ0) is 38.2. The van der Waals surface area contributed by atoms with Gasteiger partial charge in [-0.1, -0.05) is 18.2 Å². The van der Waals surface area contributed by atoms with Crippen molar-refractivity contribution in [3.8, 4) is 22.8 Å². The molecule has 3 aliphatic heterocycles. The van der Waals surface area contributed by atoms with Crippen molar-refractivity contribution in [3.63, 3.8) is 0 Å². The molecule has 1 atom stereocenters. The molecule has 15 nitrogen and oxygen atoms in total. The number of hydrogen-bond donors (Lipinski definition) is 3. The normalized spacial score (nSPS) is 22.4. The SMILES string of the molecule is Nc1ncnc2c1c(-c1ccc(Oc3ccccc3)cc1)nn2C1CCC(N2CC(N3CCN(c4ccc(C(=O)NC5CCC(=O)NC5=O)nc4)CC3)C2)CC1. The van der Waals surface area contributed by atoms with Crippen LogP contribution in [0.4, 0.5) is 11.5 Å². The minimum absolute atomic E-state index is 0.206. The molecule has 3 saturated heterocycles. The molecule has 1 saturated carbocycles. The number of ether oxygens (including phenoxy) is 1. The van der Waals surface area contributed by atoms with E-state index in [1.165, 1.54) is 6.33 Å². The van der Waals surface area contributed by atoms with Gasteiger partial charge in [-0.2, -0.15) is 5.10 Å². The Hall–Kier alpha value is -5.93. The second-order valence-corrected chi connectivity index (χ2v) is 15.2. The number of anilines is 2. The highest BCUT2D eigenvalue weighted by Gasteiger charge is 2.39. The van der Waals surface area contributed by atoms with Gasteiger partial charge in [0.05, 0.1) is 23.3 Å². The van der Waals surface area contributed by atoms with E-state index in [4.69, 9.17) is 15.6 Å². The lowest BCUT2D eigenvalue weighted by atomic mass is 9.87. The number of likely N-dealkylation sites (tertiary alicyclic amines) is 1. The first-order valence-electron chi connectivity index (χ1n) is 19.5. The molecular weight excluding hydrogens is 711 g/mol. The summed E-state index contributed by atoms with van der Waals surface area (Å²) in [4.78, 5) is 57.0. The monoisotopic (exact) mass is 755 g/mol. The summed E-state index contributed by atoms with van der Waals surface area (Å²) in [6, 6.07) is 21.9. The number of fused-ring (bicyclic) bond motifs is 1. The van der Waals surface area contributed by atoms with Crippen LogP contribution in [0.3, 0.4) is 0 Å². The van der Waals surface area contributed by atoms with E-state index in [-0.39, 0.29) is 24.1 Å². The maximum atomic E-state index is 12.7. The van der Waals surface area contributed by atoms with Crippen LogP contribution in [0.25, 0.3) is 22.3 Å². The van der Waals surface area contributed by atoms with Gasteiger partial charge in [0.15, 0.2) is 5.65 Å². The Morgan fingerprint density at radius 3 is 2.23 bits per heavy atom. The molecular formula is C41H45N11O4. The van der Waals surface area contributed by atoms with Crippen LogP contribution in [0, 0.1) is 0 Å². The third kappa shape index (κ3) is 7.27. The van der Waals surface area contributed by atoms with Crippen LogP contribution in [-0.4, -0.2) is 110 Å². The first-order chi connectivity index (χ1) is 27.4. The molecule has 0 radical (unpaired) electrons. The number of piperazine rings is 1. The van der Waals surface area contributed by atoms with E-state index in [1.807, 2.05) is 60.7 Å². The van der Waals surface area contributed by atoms with Crippen molar-refractivity contribution < 1.29 is 19.1 Å². The third-order valence-electron chi connectivity index (χ3n) is 11.8. The molecule has 56 heavy (non-hydrogen) atoms. The lowest BCUT2D eigenvalue weighted by Gasteiger charge is -2.52. The van der Waals surface area contributed by atoms with Gasteiger partial charge >= 0.3 is 0 Å². The lowest BCUT2D eigenvalue weighted by Crippen LogP contribution is -2.65. The van der Waals surface area contributed by atoms with Crippen molar-refractivity contribution in [1.29, 1.82) is 0 Å². The number of nitrogen functional groups attached to an aromatic ring is 1. The number of imide groups is 1. The van der Waals surface area contributed by atoms with E-state index >= 15 is 0 Å². The van der Waals surface area contributed by atoms with Crippen LogP contribution in [0.5, 0.6) is 11.5 Å². The number of hydrogen-bond acceptors (Lipinski definition) is 12. The minimum atomic E-state index is -0.725. The third-order valence-corrected chi connectivity index (χ3v) is 11.8. The van der Waals surface area contributed by atoms with E-state index in [9.17, 15) is 14.4 Å². The van der Waals surface area contributed by atoms with Crippen LogP contribution < -0.4 is 26.0 Å². The number of aromatic nitrogens is 5. The number of rotatable bonds is 9. The van der Waals surface area contributed by atoms with Crippen LogP contribution in [0.2, 0.25) is 0 Å². The van der Waals surface area contributed by atoms with Crippen molar-refractivity contribution in [3.05, 3.63) is 84.9 Å². The zero-order valence-corrected chi connectivity index (χ0v) is 31.1. The van der Waals surface area contributed by atoms with Crippen molar-refractivity contribution in [2.45, 2.75) is 62.7 Å². The molecule has 0 spiro atoms. The average Bonchev–Trinajstić information content (AvgIpc) is 3.61. The maximum absolute atomic E-state index is 12.7. The summed E-state index contributed by atoms with van der Waals surface area (Å²) in [6.45, 7) is 5.93. The Bertz CT molecular complexity index is 2210. The molecule has 5 aromatic rings. The Kier molecular flexibility index (Phi) is 9.77. The van der Waals surface area contributed by atoms with Gasteiger partial charge in [0, 0.05) is 63.3 Å². The molecule has 6 heterocycles. The van der Waals surface area contributed by atoms with Crippen LogP contribution >= 0.6 is 0 Å². The number of benzene rings is 2. The van der Waals surface area contributed by atoms with E-state index in [0.717, 1.165) is 104 Å². The van der Waals surface area contributed by atoms with E-state index in [2.05, 4.69) is 45.0 Å². The summed E-state index contributed by atoms with van der Waals surface area (Å²) in [6.07, 6.45) is 8.04. The molecule has 0 bridgehead atoms. The molecule has 3 aromatic heterocycles. The molecule has 4 N–H and O–H groups in total. The predicted molar refractivity (Wildman–Crippen MR) is 210 cm³/mol. The van der Waals surface area contributed by atoms with Gasteiger partial charge in [-0.3, -0.25) is 29.5 Å². The number of nitrogens with two attached hydrogens (primary N) is 1. The molecule has 1 unspecified atom stereocenters. The maximum Gasteiger partial charge on any atom is 0.270 e. The van der Waals surface area contributed by atoms with Gasteiger partial charge in [-0.05, 0) is 80.6 Å². The topological polar surface area (TPSA) is 177 Å². The number of nitrogens with one attached hydrogen (secondary N) is 2. The van der Waals surface area contributed by atoms with Crippen LogP contribution in [0.1, 0.15) is 55.1 Å². The van der Waals surface area contributed by atoms with Crippen molar-refractivity contribution in [1.82, 2.24) is 45.2 Å². The van der Waals surface area contributed by atoms with Gasteiger partial charge in [-0.15, -0.1) is 0 Å². The summed E-state index contributed by atoms with van der Waals surface area (Å²) < 4.78 is 8.09. The average molecular weight is 756 g/mol. The van der Waals surface area contributed by atoms with E-state index in [0.29, 0.717) is 24.3 Å². The highest BCUT2D eigenvalue weighted by atomic mass is 16.5. The lowest BCUT2D eigenvalue weighted by molar-refractivity contribution is -0.134. The van der Waals surface area contributed by atoms with Crippen molar-refractivity contribution >= 4 is 40.3 Å². The first-order valence-corrected chi connectivity index (χ1v) is 19.5. The fraction of sp³-hybridized carbons (Fsp3) is 0.390. The molecule has 4 fully saturated rings. The summed E-state index contributed by atoms with van der Waals surface area (Å²) >= 11 is 0. The second-order valence-electron chi connectivity index (χ2n) is 15.2. The Morgan fingerprint density at radius 1 is 0.786 bits per heavy atom. The van der Waals surface area contributed by atoms with Crippen molar-refractivity contribution in [2.24, 2.45) is 0 Å². The quantitative estimate of drug-likeness (QED) is 0.186. The van der Waals surface area contributed by atoms with Crippen LogP contribution in [0.15, 0.2) is 79.3 Å². The molecule has 9 rings (SSSR count). The van der Waals surface area contributed by atoms with E-state index in [1.54, 1.807) is 12.3 Å². The molecule has 3 amide bonds. The standard InChI is InChI=1S/C41H45N11O4/c42-38-36-37(26-6-13-32(14-7-26)56-31-4-2-1-3-5-31)48-52(39(36)45-25-44-38)28-10-8-27(9-11-28)51-23-30(24-51)50-20-18-49(19-21-50)29-12-15-33(43-22-29)40(54)46-34-16-17-35(53)47-41(34)55/h1-7,12-15,22,25,27-28,30,34H,8-11,16-21,23-24H2,(H,46,54)(H2,42,44,45)(H,47,53,55). The molecule has 288 valence electrons. The fourth-order valence-electron chi connectivity index (χ4n) is 8.56. The van der Waals surface area contributed by atoms with Gasteiger partial charge in [0.1, 0.15) is 41.1 Å². The smallest absolute Gasteiger partial charge is 0.270 e. The Balaban J connectivity index is 0.756. The first kappa shape index (κ1) is 35.8. The molecule has 1 aliphatic carbocycles.